The number of aliphatic hydroxyl groups is 1. The van der Waals surface area contributed by atoms with Crippen molar-refractivity contribution in [3.05, 3.63) is 52.9 Å². The van der Waals surface area contributed by atoms with Gasteiger partial charge in [0, 0.05) is 19.5 Å². The lowest BCUT2D eigenvalue weighted by molar-refractivity contribution is -0.0450. The minimum atomic E-state index is -0.661. The molecule has 1 heterocycles. The highest BCUT2D eigenvalue weighted by Crippen LogP contribution is 2.41. The molecule has 0 bridgehead atoms. The third kappa shape index (κ3) is 3.17. The zero-order chi connectivity index (χ0) is 19.1. The maximum absolute atomic E-state index is 10.7. The first kappa shape index (κ1) is 18.3. The highest BCUT2D eigenvalue weighted by molar-refractivity contribution is 5.53. The number of hydrogen-bond donors (Lipinski definition) is 1. The predicted octanol–water partition coefficient (Wildman–Crippen LogP) is 3.39. The zero-order valence-electron chi connectivity index (χ0n) is 16.2. The molecular weight excluding hydrogens is 326 g/mol. The number of nitrogens with zero attached hydrogens (tertiary/aromatic N) is 3. The van der Waals surface area contributed by atoms with Crippen LogP contribution in [0, 0.1) is 16.7 Å². The first-order valence-electron chi connectivity index (χ1n) is 8.93. The largest absolute Gasteiger partial charge is 0.495 e. The molecule has 2 atom stereocenters. The summed E-state index contributed by atoms with van der Waals surface area (Å²) in [6.07, 6.45) is 4.48. The van der Waals surface area contributed by atoms with Gasteiger partial charge in [-0.15, -0.1) is 0 Å². The quantitative estimate of drug-likeness (QED) is 0.902. The Kier molecular flexibility index (Phi) is 4.72. The van der Waals surface area contributed by atoms with Gasteiger partial charge in [-0.2, -0.15) is 5.26 Å². The molecular formula is C21H27N3O2. The molecule has 5 heteroatoms. The minimum absolute atomic E-state index is 0.0791. The number of aliphatic hydroxyl groups excluding tert-OH is 1. The predicted molar refractivity (Wildman–Crippen MR) is 101 cm³/mol. The maximum Gasteiger partial charge on any atom is 0.207 e. The van der Waals surface area contributed by atoms with Crippen LogP contribution < -0.4 is 4.74 Å². The Bertz CT molecular complexity index is 798. The molecule has 1 fully saturated rings. The first-order chi connectivity index (χ1) is 12.3. The number of allylic oxidation sites excluding steroid dienone is 2. The molecule has 5 nitrogen and oxygen atoms in total. The van der Waals surface area contributed by atoms with E-state index in [1.54, 1.807) is 7.11 Å². The van der Waals surface area contributed by atoms with E-state index in [0.29, 0.717) is 11.3 Å². The fourth-order valence-corrected chi connectivity index (χ4v) is 3.75. The third-order valence-electron chi connectivity index (χ3n) is 4.94. The van der Waals surface area contributed by atoms with Gasteiger partial charge in [0.2, 0.25) is 6.35 Å². The van der Waals surface area contributed by atoms with Crippen molar-refractivity contribution in [2.45, 2.75) is 39.5 Å². The van der Waals surface area contributed by atoms with E-state index in [9.17, 15) is 10.4 Å². The molecule has 0 amide bonds. The number of ether oxygens (including phenoxy) is 1. The average Bonchev–Trinajstić information content (AvgIpc) is 2.84. The number of fused-ring (bicyclic) bond motifs is 1. The lowest BCUT2D eigenvalue weighted by Gasteiger charge is -2.31. The monoisotopic (exact) mass is 353 g/mol. The molecule has 0 aromatic heterocycles. The zero-order valence-corrected chi connectivity index (χ0v) is 16.2. The number of hydrogen-bond acceptors (Lipinski definition) is 5. The van der Waals surface area contributed by atoms with Gasteiger partial charge in [-0.25, -0.2) is 0 Å². The highest BCUT2D eigenvalue weighted by atomic mass is 16.5. The van der Waals surface area contributed by atoms with Crippen LogP contribution in [0.4, 0.5) is 0 Å². The van der Waals surface area contributed by atoms with Gasteiger partial charge in [-0.3, -0.25) is 0 Å². The number of rotatable bonds is 3. The molecule has 1 N–H and O–H groups in total. The van der Waals surface area contributed by atoms with Crippen LogP contribution in [0.3, 0.4) is 0 Å². The SMILES string of the molecule is COc1cccc(C2C=C3C(=CC2)N(CC(C)(C)C)C(O)N3C)c1C#N. The van der Waals surface area contributed by atoms with Gasteiger partial charge >= 0.3 is 0 Å². The van der Waals surface area contributed by atoms with Gasteiger partial charge in [0.05, 0.1) is 24.1 Å². The lowest BCUT2D eigenvalue weighted by atomic mass is 9.87. The summed E-state index contributed by atoms with van der Waals surface area (Å²) in [6, 6.07) is 8.01. The van der Waals surface area contributed by atoms with Crippen molar-refractivity contribution in [2.75, 3.05) is 20.7 Å². The Morgan fingerprint density at radius 1 is 1.31 bits per heavy atom. The van der Waals surface area contributed by atoms with E-state index in [4.69, 9.17) is 4.74 Å². The van der Waals surface area contributed by atoms with Gasteiger partial charge in [-0.1, -0.05) is 45.1 Å². The second-order valence-electron chi connectivity index (χ2n) is 8.17. The Labute approximate surface area is 155 Å². The van der Waals surface area contributed by atoms with Crippen LogP contribution in [0.2, 0.25) is 0 Å². The summed E-state index contributed by atoms with van der Waals surface area (Å²) < 4.78 is 5.35. The van der Waals surface area contributed by atoms with Gasteiger partial charge in [-0.05, 0) is 23.5 Å². The van der Waals surface area contributed by atoms with E-state index < -0.39 is 6.35 Å². The Balaban J connectivity index is 1.96. The highest BCUT2D eigenvalue weighted by Gasteiger charge is 2.39. The first-order valence-corrected chi connectivity index (χ1v) is 8.93. The second kappa shape index (κ2) is 6.69. The molecule has 3 rings (SSSR count). The van der Waals surface area contributed by atoms with Crippen LogP contribution in [0.1, 0.15) is 44.2 Å². The Morgan fingerprint density at radius 2 is 2.04 bits per heavy atom. The van der Waals surface area contributed by atoms with Crippen molar-refractivity contribution in [1.82, 2.24) is 9.80 Å². The molecule has 1 aliphatic heterocycles. The fourth-order valence-electron chi connectivity index (χ4n) is 3.75. The third-order valence-corrected chi connectivity index (χ3v) is 4.94. The number of likely N-dealkylation sites (N-methyl/N-ethyl adjacent to an activating group) is 1. The van der Waals surface area contributed by atoms with Crippen molar-refractivity contribution < 1.29 is 9.84 Å². The number of methoxy groups -OCH3 is 1. The van der Waals surface area contributed by atoms with E-state index in [0.717, 1.165) is 29.9 Å². The summed E-state index contributed by atoms with van der Waals surface area (Å²) in [5.74, 6) is 0.690. The van der Waals surface area contributed by atoms with Crippen molar-refractivity contribution in [1.29, 1.82) is 5.26 Å². The fraction of sp³-hybridized carbons (Fsp3) is 0.476. The van der Waals surface area contributed by atoms with E-state index in [1.807, 2.05) is 30.1 Å². The van der Waals surface area contributed by atoms with Gasteiger partial charge in [0.15, 0.2) is 0 Å². The molecule has 2 unspecified atom stereocenters. The van der Waals surface area contributed by atoms with Crippen LogP contribution in [0.25, 0.3) is 0 Å². The Morgan fingerprint density at radius 3 is 2.65 bits per heavy atom. The maximum atomic E-state index is 10.7. The summed E-state index contributed by atoms with van der Waals surface area (Å²) in [7, 11) is 3.49. The molecule has 1 aromatic rings. The van der Waals surface area contributed by atoms with Crippen LogP contribution in [-0.4, -0.2) is 42.0 Å². The van der Waals surface area contributed by atoms with Crippen molar-refractivity contribution in [3.63, 3.8) is 0 Å². The molecule has 1 aromatic carbocycles. The van der Waals surface area contributed by atoms with Crippen LogP contribution in [0.15, 0.2) is 41.7 Å². The van der Waals surface area contributed by atoms with Gasteiger partial charge in [0.25, 0.3) is 0 Å². The summed E-state index contributed by atoms with van der Waals surface area (Å²) in [4.78, 5) is 3.95. The number of nitriles is 1. The van der Waals surface area contributed by atoms with Crippen molar-refractivity contribution >= 4 is 0 Å². The summed E-state index contributed by atoms with van der Waals surface area (Å²) in [6.45, 7) is 7.28. The van der Waals surface area contributed by atoms with E-state index in [-0.39, 0.29) is 11.3 Å². The second-order valence-corrected chi connectivity index (χ2v) is 8.17. The normalized spacial score (nSPS) is 22.5. The van der Waals surface area contributed by atoms with E-state index >= 15 is 0 Å². The topological polar surface area (TPSA) is 59.7 Å². The van der Waals surface area contributed by atoms with E-state index in [2.05, 4.69) is 43.9 Å². The summed E-state index contributed by atoms with van der Waals surface area (Å²) >= 11 is 0. The van der Waals surface area contributed by atoms with Crippen LogP contribution >= 0.6 is 0 Å². The molecule has 1 saturated heterocycles. The molecule has 1 aliphatic carbocycles. The molecule has 0 radical (unpaired) electrons. The van der Waals surface area contributed by atoms with Gasteiger partial charge < -0.3 is 19.6 Å². The van der Waals surface area contributed by atoms with E-state index in [1.165, 1.54) is 0 Å². The number of benzene rings is 1. The van der Waals surface area contributed by atoms with Crippen molar-refractivity contribution in [3.8, 4) is 11.8 Å². The molecule has 2 aliphatic rings. The van der Waals surface area contributed by atoms with Crippen molar-refractivity contribution in [2.24, 2.45) is 5.41 Å². The molecule has 26 heavy (non-hydrogen) atoms. The smallest absolute Gasteiger partial charge is 0.207 e. The molecule has 0 saturated carbocycles. The summed E-state index contributed by atoms with van der Waals surface area (Å²) in [5, 5.41) is 20.3. The minimum Gasteiger partial charge on any atom is -0.495 e. The average molecular weight is 353 g/mol. The molecule has 0 spiro atoms. The van der Waals surface area contributed by atoms with Crippen LogP contribution in [0.5, 0.6) is 5.75 Å². The Hall–Kier alpha value is -2.45. The lowest BCUT2D eigenvalue weighted by Crippen LogP contribution is -2.40. The van der Waals surface area contributed by atoms with Crippen LogP contribution in [-0.2, 0) is 0 Å². The van der Waals surface area contributed by atoms with Gasteiger partial charge in [0.1, 0.15) is 11.8 Å². The molecule has 138 valence electrons. The summed E-state index contributed by atoms with van der Waals surface area (Å²) in [5.41, 5.74) is 3.72. The standard InChI is InChI=1S/C21H27N3O2/c1-21(2,3)13-24-17-10-9-14(11-18(17)23(4)20(24)25)15-7-6-8-19(26-5)16(15)12-22/h6-8,10-11,14,20,25H,9,13H2,1-5H3.